The van der Waals surface area contributed by atoms with E-state index in [9.17, 15) is 9.59 Å². The van der Waals surface area contributed by atoms with Crippen LogP contribution in [0.2, 0.25) is 0 Å². The van der Waals surface area contributed by atoms with E-state index in [0.29, 0.717) is 19.0 Å². The highest BCUT2D eigenvalue weighted by Gasteiger charge is 2.38. The molecule has 1 saturated heterocycles. The molecule has 0 bridgehead atoms. The van der Waals surface area contributed by atoms with Crippen molar-refractivity contribution >= 4 is 11.8 Å². The molecule has 126 valence electrons. The summed E-state index contributed by atoms with van der Waals surface area (Å²) in [6.45, 7) is 4.92. The molecule has 4 heteroatoms. The van der Waals surface area contributed by atoms with Crippen molar-refractivity contribution in [2.75, 3.05) is 6.54 Å². The van der Waals surface area contributed by atoms with Crippen LogP contribution in [0.4, 0.5) is 0 Å². The monoisotopic (exact) mass is 308 g/mol. The molecule has 0 aromatic heterocycles. The largest absolute Gasteiger partial charge is 0.353 e. The topological polar surface area (TPSA) is 49.4 Å². The van der Waals surface area contributed by atoms with Gasteiger partial charge < -0.3 is 10.2 Å². The normalized spacial score (nSPS) is 24.0. The second-order valence-electron chi connectivity index (χ2n) is 7.14. The van der Waals surface area contributed by atoms with Gasteiger partial charge >= 0.3 is 0 Å². The van der Waals surface area contributed by atoms with Crippen LogP contribution in [-0.4, -0.2) is 35.3 Å². The van der Waals surface area contributed by atoms with Crippen LogP contribution in [0.25, 0.3) is 0 Å². The Bertz CT molecular complexity index is 377. The fraction of sp³-hybridized carbons (Fsp3) is 0.889. The van der Waals surface area contributed by atoms with Gasteiger partial charge in [-0.1, -0.05) is 45.4 Å². The van der Waals surface area contributed by atoms with Crippen molar-refractivity contribution in [1.82, 2.24) is 10.2 Å². The maximum Gasteiger partial charge on any atom is 0.225 e. The van der Waals surface area contributed by atoms with Crippen LogP contribution in [0.1, 0.15) is 78.1 Å². The van der Waals surface area contributed by atoms with Crippen LogP contribution < -0.4 is 5.32 Å². The van der Waals surface area contributed by atoms with Crippen molar-refractivity contribution in [3.05, 3.63) is 0 Å². The molecule has 1 saturated carbocycles. The van der Waals surface area contributed by atoms with Crippen LogP contribution in [0, 0.1) is 5.92 Å². The van der Waals surface area contributed by atoms with Crippen LogP contribution in [0.5, 0.6) is 0 Å². The summed E-state index contributed by atoms with van der Waals surface area (Å²) in [5.74, 6) is 0.130. The highest BCUT2D eigenvalue weighted by atomic mass is 16.2. The number of nitrogens with one attached hydrogen (secondary N) is 1. The molecule has 2 atom stereocenters. The van der Waals surface area contributed by atoms with Crippen LogP contribution in [0.15, 0.2) is 0 Å². The van der Waals surface area contributed by atoms with E-state index < -0.39 is 0 Å². The van der Waals surface area contributed by atoms with Crippen molar-refractivity contribution in [3.63, 3.8) is 0 Å². The molecule has 2 aliphatic rings. The Morgan fingerprint density at radius 3 is 2.68 bits per heavy atom. The van der Waals surface area contributed by atoms with Gasteiger partial charge in [-0.15, -0.1) is 0 Å². The second kappa shape index (κ2) is 8.54. The summed E-state index contributed by atoms with van der Waals surface area (Å²) in [6, 6.07) is 0.622. The Balaban J connectivity index is 1.72. The summed E-state index contributed by atoms with van der Waals surface area (Å²) >= 11 is 0. The highest BCUT2D eigenvalue weighted by molar-refractivity contribution is 5.89. The van der Waals surface area contributed by atoms with Crippen molar-refractivity contribution < 1.29 is 9.59 Å². The van der Waals surface area contributed by atoms with E-state index in [4.69, 9.17) is 0 Å². The Morgan fingerprint density at radius 2 is 2.00 bits per heavy atom. The van der Waals surface area contributed by atoms with Crippen molar-refractivity contribution in [1.29, 1.82) is 0 Å². The molecule has 2 amide bonds. The molecule has 0 aromatic rings. The Morgan fingerprint density at radius 1 is 1.27 bits per heavy atom. The minimum absolute atomic E-state index is 0.0804. The molecule has 0 aromatic carbocycles. The summed E-state index contributed by atoms with van der Waals surface area (Å²) in [5.41, 5.74) is 0. The molecular formula is C18H32N2O2. The maximum atomic E-state index is 12.4. The average Bonchev–Trinajstić information content (AvgIpc) is 3.12. The zero-order chi connectivity index (χ0) is 15.9. The van der Waals surface area contributed by atoms with Gasteiger partial charge in [-0.05, 0) is 26.2 Å². The fourth-order valence-corrected chi connectivity index (χ4v) is 3.79. The summed E-state index contributed by atoms with van der Waals surface area (Å²) in [5, 5.41) is 3.11. The van der Waals surface area contributed by atoms with Crippen LogP contribution in [0.3, 0.4) is 0 Å². The van der Waals surface area contributed by atoms with Crippen LogP contribution >= 0.6 is 0 Å². The summed E-state index contributed by atoms with van der Waals surface area (Å²) in [7, 11) is 0. The number of hydrogen-bond donors (Lipinski definition) is 1. The first-order chi connectivity index (χ1) is 10.6. The fourth-order valence-electron chi connectivity index (χ4n) is 3.79. The first-order valence-electron chi connectivity index (χ1n) is 9.21. The van der Waals surface area contributed by atoms with Crippen molar-refractivity contribution in [2.45, 2.75) is 90.1 Å². The van der Waals surface area contributed by atoms with E-state index >= 15 is 0 Å². The zero-order valence-electron chi connectivity index (χ0n) is 14.3. The summed E-state index contributed by atoms with van der Waals surface area (Å²) < 4.78 is 0. The third-order valence-corrected chi connectivity index (χ3v) is 5.17. The van der Waals surface area contributed by atoms with E-state index in [1.807, 2.05) is 4.90 Å². The van der Waals surface area contributed by atoms with E-state index in [0.717, 1.165) is 19.3 Å². The lowest BCUT2D eigenvalue weighted by Gasteiger charge is -2.24. The Kier molecular flexibility index (Phi) is 6.71. The van der Waals surface area contributed by atoms with Gasteiger partial charge in [0.1, 0.15) is 0 Å². The molecule has 2 fully saturated rings. The number of unbranched alkanes of at least 4 members (excludes halogenated alkanes) is 3. The minimum Gasteiger partial charge on any atom is -0.353 e. The van der Waals surface area contributed by atoms with Gasteiger partial charge in [-0.25, -0.2) is 0 Å². The van der Waals surface area contributed by atoms with Gasteiger partial charge in [0.25, 0.3) is 0 Å². The number of likely N-dealkylation sites (tertiary alicyclic amines) is 1. The van der Waals surface area contributed by atoms with Crippen molar-refractivity contribution in [2.24, 2.45) is 5.92 Å². The van der Waals surface area contributed by atoms with E-state index in [2.05, 4.69) is 19.2 Å². The predicted molar refractivity (Wildman–Crippen MR) is 88.4 cm³/mol. The third kappa shape index (κ3) is 4.72. The van der Waals surface area contributed by atoms with E-state index in [1.54, 1.807) is 0 Å². The lowest BCUT2D eigenvalue weighted by Crippen LogP contribution is -2.39. The van der Waals surface area contributed by atoms with Crippen molar-refractivity contribution in [3.8, 4) is 0 Å². The Hall–Kier alpha value is -1.06. The number of amides is 2. The molecule has 1 heterocycles. The number of rotatable bonds is 8. The molecule has 4 nitrogen and oxygen atoms in total. The smallest absolute Gasteiger partial charge is 0.225 e. The SMILES string of the molecule is CCCCCC[C@@H](C)NC(=O)[C@@H]1CC(=O)N(C2CCCC2)C1. The molecule has 0 unspecified atom stereocenters. The quantitative estimate of drug-likeness (QED) is 0.700. The number of hydrogen-bond acceptors (Lipinski definition) is 2. The zero-order valence-corrected chi connectivity index (χ0v) is 14.3. The molecule has 1 N–H and O–H groups in total. The molecule has 0 spiro atoms. The molecule has 1 aliphatic carbocycles. The predicted octanol–water partition coefficient (Wildman–Crippen LogP) is 3.25. The van der Waals surface area contributed by atoms with Gasteiger partial charge in [0.15, 0.2) is 0 Å². The van der Waals surface area contributed by atoms with Crippen LogP contribution in [-0.2, 0) is 9.59 Å². The molecule has 0 radical (unpaired) electrons. The third-order valence-electron chi connectivity index (χ3n) is 5.17. The van der Waals surface area contributed by atoms with Gasteiger partial charge in [0.05, 0.1) is 5.92 Å². The maximum absolute atomic E-state index is 12.4. The van der Waals surface area contributed by atoms with Gasteiger partial charge in [-0.2, -0.15) is 0 Å². The Labute approximate surface area is 135 Å². The highest BCUT2D eigenvalue weighted by Crippen LogP contribution is 2.29. The number of carbonyl (C=O) groups is 2. The second-order valence-corrected chi connectivity index (χ2v) is 7.14. The number of nitrogens with zero attached hydrogens (tertiary/aromatic N) is 1. The first kappa shape index (κ1) is 17.3. The lowest BCUT2D eigenvalue weighted by atomic mass is 10.1. The molecule has 2 rings (SSSR count). The molecule has 22 heavy (non-hydrogen) atoms. The molecule has 1 aliphatic heterocycles. The van der Waals surface area contributed by atoms with E-state index in [1.165, 1.54) is 38.5 Å². The van der Waals surface area contributed by atoms with Gasteiger partial charge in [-0.3, -0.25) is 9.59 Å². The number of carbonyl (C=O) groups excluding carboxylic acids is 2. The molecular weight excluding hydrogens is 276 g/mol. The lowest BCUT2D eigenvalue weighted by molar-refractivity contribution is -0.130. The summed E-state index contributed by atoms with van der Waals surface area (Å²) in [4.78, 5) is 26.5. The first-order valence-corrected chi connectivity index (χ1v) is 9.21. The summed E-state index contributed by atoms with van der Waals surface area (Å²) in [6.07, 6.45) is 11.1. The van der Waals surface area contributed by atoms with Gasteiger partial charge in [0, 0.05) is 25.0 Å². The average molecular weight is 308 g/mol. The van der Waals surface area contributed by atoms with Gasteiger partial charge in [0.2, 0.25) is 11.8 Å². The standard InChI is InChI=1S/C18H32N2O2/c1-3-4-5-6-9-14(2)19-18(22)15-12-17(21)20(13-15)16-10-7-8-11-16/h14-16H,3-13H2,1-2H3,(H,19,22)/t14-,15-/m1/s1. The van der Waals surface area contributed by atoms with E-state index in [-0.39, 0.29) is 23.8 Å². The minimum atomic E-state index is -0.133.